The molecule has 0 amide bonds. The molecule has 0 aromatic carbocycles. The first kappa shape index (κ1) is 16.8. The summed E-state index contributed by atoms with van der Waals surface area (Å²) in [6.45, 7) is 4.76. The number of thiophene rings is 1. The second-order valence-corrected chi connectivity index (χ2v) is 6.61. The van der Waals surface area contributed by atoms with Crippen LogP contribution in [-0.2, 0) is 9.53 Å². The highest BCUT2D eigenvalue weighted by Gasteiger charge is 2.27. The van der Waals surface area contributed by atoms with E-state index in [-0.39, 0.29) is 11.9 Å². The van der Waals surface area contributed by atoms with E-state index in [1.54, 1.807) is 11.3 Å². The summed E-state index contributed by atoms with van der Waals surface area (Å²) in [5, 5.41) is 5.56. The van der Waals surface area contributed by atoms with Crippen LogP contribution in [0.4, 0.5) is 0 Å². The standard InChI is InChI=1S/C16H25N3O2S/c1-12(14-5-4-10-22-14)11-18-16(17-2)19-8-6-13(7-9-19)15(20)21-3/h4-5,10,12-13H,6-9,11H2,1-3H3,(H,17,18). The predicted molar refractivity (Wildman–Crippen MR) is 90.4 cm³/mol. The van der Waals surface area contributed by atoms with Gasteiger partial charge in [-0.3, -0.25) is 9.79 Å². The van der Waals surface area contributed by atoms with Gasteiger partial charge in [-0.15, -0.1) is 11.3 Å². The van der Waals surface area contributed by atoms with Gasteiger partial charge in [-0.05, 0) is 24.3 Å². The van der Waals surface area contributed by atoms with Crippen LogP contribution in [0.3, 0.4) is 0 Å². The van der Waals surface area contributed by atoms with Crippen molar-refractivity contribution < 1.29 is 9.53 Å². The molecule has 2 heterocycles. The first-order valence-corrected chi connectivity index (χ1v) is 8.60. The molecule has 0 saturated carbocycles. The Labute approximate surface area is 136 Å². The molecule has 22 heavy (non-hydrogen) atoms. The van der Waals surface area contributed by atoms with Crippen molar-refractivity contribution in [3.05, 3.63) is 22.4 Å². The highest BCUT2D eigenvalue weighted by molar-refractivity contribution is 7.10. The first-order valence-electron chi connectivity index (χ1n) is 7.72. The third-order valence-electron chi connectivity index (χ3n) is 4.14. The van der Waals surface area contributed by atoms with E-state index in [1.165, 1.54) is 12.0 Å². The van der Waals surface area contributed by atoms with Gasteiger partial charge in [0.2, 0.25) is 0 Å². The molecule has 1 aromatic rings. The van der Waals surface area contributed by atoms with Crippen molar-refractivity contribution in [2.75, 3.05) is 33.8 Å². The number of guanidine groups is 1. The average molecular weight is 323 g/mol. The summed E-state index contributed by atoms with van der Waals surface area (Å²) < 4.78 is 4.83. The van der Waals surface area contributed by atoms with Crippen LogP contribution in [0.15, 0.2) is 22.5 Å². The van der Waals surface area contributed by atoms with Crippen molar-refractivity contribution in [2.24, 2.45) is 10.9 Å². The number of esters is 1. The van der Waals surface area contributed by atoms with E-state index < -0.39 is 0 Å². The minimum absolute atomic E-state index is 0.0319. The highest BCUT2D eigenvalue weighted by atomic mass is 32.1. The molecule has 1 N–H and O–H groups in total. The molecule has 6 heteroatoms. The number of nitrogens with one attached hydrogen (secondary N) is 1. The second-order valence-electron chi connectivity index (χ2n) is 5.63. The summed E-state index contributed by atoms with van der Waals surface area (Å²) in [6, 6.07) is 4.25. The number of nitrogens with zero attached hydrogens (tertiary/aromatic N) is 2. The van der Waals surface area contributed by atoms with Crippen LogP contribution < -0.4 is 5.32 Å². The molecule has 1 atom stereocenters. The van der Waals surface area contributed by atoms with Gasteiger partial charge in [0.15, 0.2) is 5.96 Å². The third-order valence-corrected chi connectivity index (χ3v) is 5.24. The zero-order valence-corrected chi connectivity index (χ0v) is 14.4. The van der Waals surface area contributed by atoms with Gasteiger partial charge in [-0.2, -0.15) is 0 Å². The normalized spacial score (nSPS) is 18.1. The fourth-order valence-corrected chi connectivity index (χ4v) is 3.53. The molecule has 0 aliphatic carbocycles. The Morgan fingerprint density at radius 3 is 2.82 bits per heavy atom. The summed E-state index contributed by atoms with van der Waals surface area (Å²) in [4.78, 5) is 19.6. The molecule has 0 spiro atoms. The van der Waals surface area contributed by atoms with Crippen LogP contribution in [0.2, 0.25) is 0 Å². The quantitative estimate of drug-likeness (QED) is 0.525. The molecule has 1 aliphatic heterocycles. The summed E-state index contributed by atoms with van der Waals surface area (Å²) in [6.07, 6.45) is 1.65. The van der Waals surface area contributed by atoms with Crippen molar-refractivity contribution in [1.82, 2.24) is 10.2 Å². The molecule has 5 nitrogen and oxygen atoms in total. The average Bonchev–Trinajstić information content (AvgIpc) is 3.09. The van der Waals surface area contributed by atoms with Crippen LogP contribution in [0, 0.1) is 5.92 Å². The number of piperidine rings is 1. The maximum Gasteiger partial charge on any atom is 0.308 e. The lowest BCUT2D eigenvalue weighted by Crippen LogP contribution is -2.47. The highest BCUT2D eigenvalue weighted by Crippen LogP contribution is 2.21. The maximum atomic E-state index is 11.6. The van der Waals surface area contributed by atoms with Crippen molar-refractivity contribution in [2.45, 2.75) is 25.7 Å². The van der Waals surface area contributed by atoms with Gasteiger partial charge in [-0.25, -0.2) is 0 Å². The topological polar surface area (TPSA) is 53.9 Å². The number of aliphatic imine (C=N–C) groups is 1. The number of rotatable bonds is 4. The van der Waals surface area contributed by atoms with E-state index in [4.69, 9.17) is 4.74 Å². The Morgan fingerprint density at radius 1 is 1.55 bits per heavy atom. The van der Waals surface area contributed by atoms with Crippen molar-refractivity contribution >= 4 is 23.3 Å². The van der Waals surface area contributed by atoms with Crippen LogP contribution in [0.5, 0.6) is 0 Å². The molecular weight excluding hydrogens is 298 g/mol. The fourth-order valence-electron chi connectivity index (χ4n) is 2.74. The van der Waals surface area contributed by atoms with Gasteiger partial charge >= 0.3 is 5.97 Å². The van der Waals surface area contributed by atoms with Gasteiger partial charge < -0.3 is 15.0 Å². The lowest BCUT2D eigenvalue weighted by atomic mass is 9.97. The molecule has 1 fully saturated rings. The number of hydrogen-bond donors (Lipinski definition) is 1. The zero-order chi connectivity index (χ0) is 15.9. The molecule has 122 valence electrons. The summed E-state index contributed by atoms with van der Waals surface area (Å²) >= 11 is 1.79. The molecular formula is C16H25N3O2S. The van der Waals surface area contributed by atoms with Gasteiger partial charge in [0.05, 0.1) is 13.0 Å². The summed E-state index contributed by atoms with van der Waals surface area (Å²) in [5.41, 5.74) is 0. The smallest absolute Gasteiger partial charge is 0.308 e. The molecule has 1 aliphatic rings. The molecule has 2 rings (SSSR count). The van der Waals surface area contributed by atoms with Crippen molar-refractivity contribution in [1.29, 1.82) is 0 Å². The molecule has 1 unspecified atom stereocenters. The Balaban J connectivity index is 1.82. The van der Waals surface area contributed by atoms with Crippen LogP contribution in [0.25, 0.3) is 0 Å². The molecule has 1 aromatic heterocycles. The Kier molecular flexibility index (Phi) is 6.24. The Hall–Kier alpha value is -1.56. The number of likely N-dealkylation sites (tertiary alicyclic amines) is 1. The van der Waals surface area contributed by atoms with Gasteiger partial charge in [0.25, 0.3) is 0 Å². The largest absolute Gasteiger partial charge is 0.469 e. The number of carbonyl (C=O) groups excluding carboxylic acids is 1. The summed E-state index contributed by atoms with van der Waals surface area (Å²) in [5.74, 6) is 1.33. The first-order chi connectivity index (χ1) is 10.7. The second kappa shape index (κ2) is 8.17. The minimum Gasteiger partial charge on any atom is -0.469 e. The van der Waals surface area contributed by atoms with Crippen LogP contribution in [0.1, 0.15) is 30.6 Å². The van der Waals surface area contributed by atoms with E-state index >= 15 is 0 Å². The van der Waals surface area contributed by atoms with Crippen molar-refractivity contribution in [3.8, 4) is 0 Å². The zero-order valence-electron chi connectivity index (χ0n) is 13.5. The SMILES string of the molecule is CN=C(NCC(C)c1cccs1)N1CCC(C(=O)OC)CC1. The van der Waals surface area contributed by atoms with Crippen LogP contribution in [-0.4, -0.2) is 50.6 Å². The van der Waals surface area contributed by atoms with Crippen molar-refractivity contribution in [3.63, 3.8) is 0 Å². The Bertz CT molecular complexity index is 493. The fraction of sp³-hybridized carbons (Fsp3) is 0.625. The van der Waals surface area contributed by atoms with Crippen LogP contribution >= 0.6 is 11.3 Å². The van der Waals surface area contributed by atoms with Gasteiger partial charge in [-0.1, -0.05) is 13.0 Å². The van der Waals surface area contributed by atoms with E-state index in [1.807, 2.05) is 7.05 Å². The van der Waals surface area contributed by atoms with E-state index in [9.17, 15) is 4.79 Å². The monoisotopic (exact) mass is 323 g/mol. The van der Waals surface area contributed by atoms with E-state index in [2.05, 4.69) is 39.6 Å². The number of carbonyl (C=O) groups is 1. The third kappa shape index (κ3) is 4.22. The Morgan fingerprint density at radius 2 is 2.27 bits per heavy atom. The number of ether oxygens (including phenoxy) is 1. The molecule has 0 radical (unpaired) electrons. The molecule has 0 bridgehead atoms. The predicted octanol–water partition coefficient (Wildman–Crippen LogP) is 2.31. The number of hydrogen-bond acceptors (Lipinski definition) is 4. The van der Waals surface area contributed by atoms with Gasteiger partial charge in [0, 0.05) is 37.5 Å². The van der Waals surface area contributed by atoms with Gasteiger partial charge in [0.1, 0.15) is 0 Å². The minimum atomic E-state index is -0.0890. The lowest BCUT2D eigenvalue weighted by molar-refractivity contribution is -0.146. The number of methoxy groups -OCH3 is 1. The van der Waals surface area contributed by atoms with E-state index in [0.29, 0.717) is 5.92 Å². The molecule has 1 saturated heterocycles. The lowest BCUT2D eigenvalue weighted by Gasteiger charge is -2.33. The summed E-state index contributed by atoms with van der Waals surface area (Å²) in [7, 11) is 3.27. The maximum absolute atomic E-state index is 11.6. The van der Waals surface area contributed by atoms with E-state index in [0.717, 1.165) is 38.4 Å².